The molecule has 2 aromatic heterocycles. The third-order valence-corrected chi connectivity index (χ3v) is 3.81. The lowest BCUT2D eigenvalue weighted by Crippen LogP contribution is -2.10. The Kier molecular flexibility index (Phi) is 4.92. The monoisotopic (exact) mass is 361 g/mol. The number of nitrogens with zero attached hydrogens (tertiary/aromatic N) is 4. The lowest BCUT2D eigenvalue weighted by Gasteiger charge is -2.08. The highest BCUT2D eigenvalue weighted by Crippen LogP contribution is 2.27. The van der Waals surface area contributed by atoms with Gasteiger partial charge >= 0.3 is 6.18 Å². The van der Waals surface area contributed by atoms with Crippen LogP contribution in [0, 0.1) is 0 Å². The largest absolute Gasteiger partial charge is 0.435 e. The molecule has 0 unspecified atom stereocenters. The quantitative estimate of drug-likeness (QED) is 0.731. The first kappa shape index (κ1) is 17.9. The van der Waals surface area contributed by atoms with Crippen LogP contribution in [0.1, 0.15) is 36.7 Å². The predicted molar refractivity (Wildman–Crippen MR) is 92.0 cm³/mol. The number of halogens is 3. The van der Waals surface area contributed by atoms with Crippen LogP contribution >= 0.6 is 0 Å². The van der Waals surface area contributed by atoms with Gasteiger partial charge < -0.3 is 5.32 Å². The van der Waals surface area contributed by atoms with Crippen molar-refractivity contribution in [2.45, 2.75) is 32.5 Å². The normalized spacial score (nSPS) is 11.8. The number of anilines is 1. The molecule has 0 aliphatic rings. The van der Waals surface area contributed by atoms with Crippen LogP contribution in [-0.4, -0.2) is 20.0 Å². The van der Waals surface area contributed by atoms with Crippen molar-refractivity contribution in [1.82, 2.24) is 20.0 Å². The third-order valence-electron chi connectivity index (χ3n) is 3.81. The van der Waals surface area contributed by atoms with Gasteiger partial charge in [0.25, 0.3) is 0 Å². The second-order valence-corrected chi connectivity index (χ2v) is 6.13. The van der Waals surface area contributed by atoms with Crippen LogP contribution in [0.3, 0.4) is 0 Å². The molecule has 0 atom stereocenters. The van der Waals surface area contributed by atoms with E-state index in [-0.39, 0.29) is 11.7 Å². The highest BCUT2D eigenvalue weighted by atomic mass is 19.4. The van der Waals surface area contributed by atoms with Gasteiger partial charge in [-0.15, -0.1) is 10.2 Å². The van der Waals surface area contributed by atoms with Crippen molar-refractivity contribution in [1.29, 1.82) is 0 Å². The van der Waals surface area contributed by atoms with E-state index in [2.05, 4.69) is 20.6 Å². The highest BCUT2D eigenvalue weighted by molar-refractivity contribution is 5.38. The highest BCUT2D eigenvalue weighted by Gasteiger charge is 2.32. The van der Waals surface area contributed by atoms with E-state index in [4.69, 9.17) is 0 Å². The predicted octanol–water partition coefficient (Wildman–Crippen LogP) is 4.42. The minimum Gasteiger partial charge on any atom is -0.364 e. The first-order valence-corrected chi connectivity index (χ1v) is 8.13. The van der Waals surface area contributed by atoms with Crippen molar-refractivity contribution in [2.75, 3.05) is 5.32 Å². The van der Waals surface area contributed by atoms with Gasteiger partial charge in [0.05, 0.1) is 11.4 Å². The van der Waals surface area contributed by atoms with Gasteiger partial charge in [0, 0.05) is 18.3 Å². The summed E-state index contributed by atoms with van der Waals surface area (Å²) in [7, 11) is 0. The van der Waals surface area contributed by atoms with Gasteiger partial charge in [-0.25, -0.2) is 4.68 Å². The Morgan fingerprint density at radius 2 is 1.77 bits per heavy atom. The Hall–Kier alpha value is -2.90. The van der Waals surface area contributed by atoms with Crippen LogP contribution in [-0.2, 0) is 12.7 Å². The number of nitrogens with one attached hydrogen (secondary N) is 1. The molecule has 3 rings (SSSR count). The molecule has 0 amide bonds. The Balaban J connectivity index is 1.78. The second-order valence-electron chi connectivity index (χ2n) is 6.13. The molecule has 26 heavy (non-hydrogen) atoms. The van der Waals surface area contributed by atoms with E-state index in [1.165, 1.54) is 6.07 Å². The number of benzene rings is 1. The van der Waals surface area contributed by atoms with E-state index >= 15 is 0 Å². The minimum atomic E-state index is -4.49. The van der Waals surface area contributed by atoms with E-state index in [1.54, 1.807) is 4.68 Å². The summed E-state index contributed by atoms with van der Waals surface area (Å²) in [5.41, 5.74) is 1.80. The maximum absolute atomic E-state index is 12.5. The number of hydrogen-bond donors (Lipinski definition) is 1. The number of alkyl halides is 3. The van der Waals surface area contributed by atoms with E-state index < -0.39 is 11.9 Å². The van der Waals surface area contributed by atoms with Crippen molar-refractivity contribution >= 4 is 5.82 Å². The molecule has 2 heterocycles. The summed E-state index contributed by atoms with van der Waals surface area (Å²) in [5, 5.41) is 14.4. The molecule has 0 spiro atoms. The van der Waals surface area contributed by atoms with Crippen LogP contribution in [0.15, 0.2) is 48.7 Å². The first-order valence-electron chi connectivity index (χ1n) is 8.13. The third kappa shape index (κ3) is 4.01. The van der Waals surface area contributed by atoms with Crippen molar-refractivity contribution in [3.8, 4) is 5.69 Å². The fourth-order valence-electron chi connectivity index (χ4n) is 2.52. The number of aromatic nitrogens is 4. The summed E-state index contributed by atoms with van der Waals surface area (Å²) < 4.78 is 39.4. The van der Waals surface area contributed by atoms with Gasteiger partial charge in [0.1, 0.15) is 5.82 Å². The zero-order valence-corrected chi connectivity index (χ0v) is 14.3. The molecule has 0 radical (unpaired) electrons. The summed E-state index contributed by atoms with van der Waals surface area (Å²) in [4.78, 5) is 0. The first-order chi connectivity index (χ1) is 12.3. The van der Waals surface area contributed by atoms with Gasteiger partial charge in [0.2, 0.25) is 0 Å². The van der Waals surface area contributed by atoms with Gasteiger partial charge in [-0.3, -0.25) is 0 Å². The molecular formula is C18H18F3N5. The molecule has 136 valence electrons. The van der Waals surface area contributed by atoms with Crippen molar-refractivity contribution in [3.05, 3.63) is 65.6 Å². The van der Waals surface area contributed by atoms with Crippen LogP contribution in [0.5, 0.6) is 0 Å². The molecule has 3 aromatic rings. The van der Waals surface area contributed by atoms with Crippen LogP contribution in [0.2, 0.25) is 0 Å². The molecule has 0 aliphatic heterocycles. The molecule has 0 bridgehead atoms. The zero-order chi connectivity index (χ0) is 18.7. The summed E-state index contributed by atoms with van der Waals surface area (Å²) in [6, 6.07) is 11.9. The smallest absolute Gasteiger partial charge is 0.364 e. The van der Waals surface area contributed by atoms with Gasteiger partial charge in [-0.1, -0.05) is 32.0 Å². The van der Waals surface area contributed by atoms with Gasteiger partial charge in [-0.2, -0.15) is 18.3 Å². The summed E-state index contributed by atoms with van der Waals surface area (Å²) >= 11 is 0. The summed E-state index contributed by atoms with van der Waals surface area (Å²) in [6.45, 7) is 4.47. The Morgan fingerprint density at radius 1 is 1.04 bits per heavy atom. The minimum absolute atomic E-state index is 0.204. The molecule has 0 saturated carbocycles. The molecule has 5 nitrogen and oxygen atoms in total. The van der Waals surface area contributed by atoms with E-state index in [0.717, 1.165) is 23.0 Å². The standard InChI is InChI=1S/C18H18F3N5/c1-12(2)17-13(11-26(25-17)14-6-4-3-5-7-14)10-22-16-9-8-15(23-24-16)18(19,20)21/h3-9,11-12H,10H2,1-2H3,(H,22,24). The molecule has 1 N–H and O–H groups in total. The maximum atomic E-state index is 12.5. The van der Waals surface area contributed by atoms with E-state index in [0.29, 0.717) is 6.54 Å². The van der Waals surface area contributed by atoms with Gasteiger partial charge in [0.15, 0.2) is 5.69 Å². The van der Waals surface area contributed by atoms with E-state index in [1.807, 2.05) is 50.4 Å². The lowest BCUT2D eigenvalue weighted by molar-refractivity contribution is -0.141. The number of hydrogen-bond acceptors (Lipinski definition) is 4. The van der Waals surface area contributed by atoms with Gasteiger partial charge in [-0.05, 0) is 30.2 Å². The molecule has 8 heteroatoms. The molecule has 1 aromatic carbocycles. The lowest BCUT2D eigenvalue weighted by atomic mass is 10.1. The van der Waals surface area contributed by atoms with Crippen LogP contribution in [0.4, 0.5) is 19.0 Å². The zero-order valence-electron chi connectivity index (χ0n) is 14.3. The average Bonchev–Trinajstić information content (AvgIpc) is 3.05. The fourth-order valence-corrected chi connectivity index (χ4v) is 2.52. The van der Waals surface area contributed by atoms with Crippen LogP contribution < -0.4 is 5.32 Å². The molecule has 0 aliphatic carbocycles. The fraction of sp³-hybridized carbons (Fsp3) is 0.278. The SMILES string of the molecule is CC(C)c1nn(-c2ccccc2)cc1CNc1ccc(C(F)(F)F)nn1. The second kappa shape index (κ2) is 7.15. The topological polar surface area (TPSA) is 55.6 Å². The number of para-hydroxylation sites is 1. The van der Waals surface area contributed by atoms with Crippen molar-refractivity contribution in [2.24, 2.45) is 0 Å². The van der Waals surface area contributed by atoms with Crippen molar-refractivity contribution in [3.63, 3.8) is 0 Å². The molecular weight excluding hydrogens is 343 g/mol. The molecule has 0 fully saturated rings. The Morgan fingerprint density at radius 3 is 2.35 bits per heavy atom. The maximum Gasteiger partial charge on any atom is 0.435 e. The summed E-state index contributed by atoms with van der Waals surface area (Å²) in [6.07, 6.45) is -2.58. The number of rotatable bonds is 5. The summed E-state index contributed by atoms with van der Waals surface area (Å²) in [5.74, 6) is 0.482. The van der Waals surface area contributed by atoms with Crippen molar-refractivity contribution < 1.29 is 13.2 Å². The Bertz CT molecular complexity index is 855. The van der Waals surface area contributed by atoms with Crippen LogP contribution in [0.25, 0.3) is 5.69 Å². The van der Waals surface area contributed by atoms with E-state index in [9.17, 15) is 13.2 Å². The molecule has 0 saturated heterocycles. The Labute approximate surface area is 148 Å². The average molecular weight is 361 g/mol.